The number of rotatable bonds is 3. The van der Waals surface area contributed by atoms with Gasteiger partial charge in [0.1, 0.15) is 5.75 Å². The van der Waals surface area contributed by atoms with Crippen LogP contribution in [0.15, 0.2) is 18.2 Å². The van der Waals surface area contributed by atoms with Crippen molar-refractivity contribution in [2.45, 2.75) is 25.3 Å². The Kier molecular flexibility index (Phi) is 2.62. The van der Waals surface area contributed by atoms with E-state index in [1.165, 1.54) is 24.8 Å². The van der Waals surface area contributed by atoms with Crippen molar-refractivity contribution in [3.05, 3.63) is 28.8 Å². The summed E-state index contributed by atoms with van der Waals surface area (Å²) in [6.45, 7) is 0. The van der Waals surface area contributed by atoms with E-state index >= 15 is 0 Å². The van der Waals surface area contributed by atoms with Crippen molar-refractivity contribution in [1.82, 2.24) is 0 Å². The summed E-state index contributed by atoms with van der Waals surface area (Å²) >= 11 is 6.08. The Bertz CT molecular complexity index is 501. The molecule has 0 heterocycles. The lowest BCUT2D eigenvalue weighted by Crippen LogP contribution is -2.17. The van der Waals surface area contributed by atoms with Crippen molar-refractivity contribution in [3.63, 3.8) is 0 Å². The van der Waals surface area contributed by atoms with Crippen molar-refractivity contribution in [1.29, 1.82) is 0 Å². The zero-order valence-electron chi connectivity index (χ0n) is 11.2. The molecule has 2 N–H and O–H groups in total. The highest BCUT2D eigenvalue weighted by Gasteiger charge is 2.66. The Morgan fingerprint density at radius 3 is 2.58 bits per heavy atom. The first-order chi connectivity index (χ1) is 9.20. The molecule has 19 heavy (non-hydrogen) atoms. The van der Waals surface area contributed by atoms with Crippen LogP contribution in [0, 0.1) is 29.6 Å². The van der Waals surface area contributed by atoms with Crippen molar-refractivity contribution in [2.24, 2.45) is 35.3 Å². The molecule has 3 saturated carbocycles. The fourth-order valence-electron chi connectivity index (χ4n) is 4.98. The zero-order valence-corrected chi connectivity index (χ0v) is 11.9. The second-order valence-corrected chi connectivity index (χ2v) is 6.89. The van der Waals surface area contributed by atoms with Gasteiger partial charge in [0.25, 0.3) is 0 Å². The lowest BCUT2D eigenvalue weighted by Gasteiger charge is -2.17. The predicted molar refractivity (Wildman–Crippen MR) is 76.2 cm³/mol. The predicted octanol–water partition coefficient (Wildman–Crippen LogP) is 3.64. The molecule has 1 aromatic rings. The molecule has 5 atom stereocenters. The fraction of sp³-hybridized carbons (Fsp3) is 0.625. The van der Waals surface area contributed by atoms with E-state index < -0.39 is 0 Å². The van der Waals surface area contributed by atoms with Gasteiger partial charge in [-0.25, -0.2) is 0 Å². The van der Waals surface area contributed by atoms with Gasteiger partial charge in [-0.05, 0) is 66.5 Å². The van der Waals surface area contributed by atoms with E-state index in [1.807, 2.05) is 12.1 Å². The van der Waals surface area contributed by atoms with Crippen LogP contribution in [-0.4, -0.2) is 7.11 Å². The molecule has 3 heteroatoms. The number of nitrogens with two attached hydrogens (primary N) is 1. The molecular weight excluding hydrogens is 258 g/mol. The minimum Gasteiger partial charge on any atom is -0.495 e. The third kappa shape index (κ3) is 1.66. The maximum Gasteiger partial charge on any atom is 0.137 e. The first-order valence-electron chi connectivity index (χ1n) is 7.29. The number of fused-ring (bicyclic) bond motifs is 5. The van der Waals surface area contributed by atoms with Crippen molar-refractivity contribution in [2.75, 3.05) is 7.11 Å². The van der Waals surface area contributed by atoms with E-state index in [9.17, 15) is 0 Å². The van der Waals surface area contributed by atoms with Crippen molar-refractivity contribution >= 4 is 11.6 Å². The minimum absolute atomic E-state index is 0.157. The number of methoxy groups -OCH3 is 1. The molecule has 3 aliphatic rings. The SMILES string of the molecule is COc1cc(C(N)C2C3C4CCC(C4)C32)ccc1Cl. The van der Waals surface area contributed by atoms with Crippen LogP contribution >= 0.6 is 11.6 Å². The normalized spacial score (nSPS) is 40.1. The third-order valence-electron chi connectivity index (χ3n) is 5.77. The van der Waals surface area contributed by atoms with Gasteiger partial charge in [0.2, 0.25) is 0 Å². The van der Waals surface area contributed by atoms with Gasteiger partial charge in [0.05, 0.1) is 12.1 Å². The molecule has 3 aliphatic carbocycles. The molecule has 0 saturated heterocycles. The topological polar surface area (TPSA) is 35.2 Å². The maximum atomic E-state index is 6.52. The van der Waals surface area contributed by atoms with Gasteiger partial charge in [-0.1, -0.05) is 17.7 Å². The summed E-state index contributed by atoms with van der Waals surface area (Å²) in [7, 11) is 1.66. The number of ether oxygens (including phenoxy) is 1. The molecule has 4 rings (SSSR count). The minimum atomic E-state index is 0.157. The fourth-order valence-corrected chi connectivity index (χ4v) is 5.17. The molecule has 0 aromatic heterocycles. The summed E-state index contributed by atoms with van der Waals surface area (Å²) in [5.74, 6) is 5.21. The van der Waals surface area contributed by atoms with E-state index in [4.69, 9.17) is 22.1 Å². The van der Waals surface area contributed by atoms with Crippen LogP contribution in [-0.2, 0) is 0 Å². The van der Waals surface area contributed by atoms with Gasteiger partial charge in [0, 0.05) is 6.04 Å². The van der Waals surface area contributed by atoms with Gasteiger partial charge in [-0.15, -0.1) is 0 Å². The second-order valence-electron chi connectivity index (χ2n) is 6.49. The van der Waals surface area contributed by atoms with E-state index in [1.54, 1.807) is 7.11 Å². The summed E-state index contributed by atoms with van der Waals surface area (Å²) in [5.41, 5.74) is 7.70. The largest absolute Gasteiger partial charge is 0.495 e. The first-order valence-corrected chi connectivity index (χ1v) is 7.67. The zero-order chi connectivity index (χ0) is 13.1. The molecule has 2 bridgehead atoms. The smallest absolute Gasteiger partial charge is 0.137 e. The van der Waals surface area contributed by atoms with Crippen LogP contribution in [0.25, 0.3) is 0 Å². The maximum absolute atomic E-state index is 6.52. The van der Waals surface area contributed by atoms with Gasteiger partial charge in [0.15, 0.2) is 0 Å². The van der Waals surface area contributed by atoms with Crippen LogP contribution in [0.1, 0.15) is 30.9 Å². The average Bonchev–Trinajstić information content (AvgIpc) is 2.86. The Morgan fingerprint density at radius 2 is 1.95 bits per heavy atom. The third-order valence-corrected chi connectivity index (χ3v) is 6.08. The monoisotopic (exact) mass is 277 g/mol. The summed E-state index contributed by atoms with van der Waals surface area (Å²) in [6.07, 6.45) is 4.36. The van der Waals surface area contributed by atoms with Gasteiger partial charge in [-0.3, -0.25) is 0 Å². The molecule has 5 unspecified atom stereocenters. The molecule has 0 amide bonds. The highest BCUT2D eigenvalue weighted by Crippen LogP contribution is 2.71. The molecule has 0 spiro atoms. The van der Waals surface area contributed by atoms with Crippen molar-refractivity contribution < 1.29 is 4.74 Å². The quantitative estimate of drug-likeness (QED) is 0.915. The number of hydrogen-bond acceptors (Lipinski definition) is 2. The lowest BCUT2D eigenvalue weighted by molar-refractivity contribution is 0.406. The molecule has 1 aromatic carbocycles. The summed E-state index contributed by atoms with van der Waals surface area (Å²) in [6, 6.07) is 6.14. The Labute approximate surface area is 119 Å². The van der Waals surface area contributed by atoms with E-state index in [2.05, 4.69) is 6.07 Å². The Morgan fingerprint density at radius 1 is 1.26 bits per heavy atom. The number of benzene rings is 1. The van der Waals surface area contributed by atoms with Crippen LogP contribution in [0.4, 0.5) is 0 Å². The Balaban J connectivity index is 1.57. The molecule has 3 fully saturated rings. The first kappa shape index (κ1) is 12.0. The second kappa shape index (κ2) is 4.13. The van der Waals surface area contributed by atoms with E-state index in [0.29, 0.717) is 10.9 Å². The molecule has 2 nitrogen and oxygen atoms in total. The van der Waals surface area contributed by atoms with Crippen LogP contribution in [0.2, 0.25) is 5.02 Å². The highest BCUT2D eigenvalue weighted by molar-refractivity contribution is 6.32. The Hall–Kier alpha value is -0.730. The van der Waals surface area contributed by atoms with Crippen LogP contribution < -0.4 is 10.5 Å². The summed E-state index contributed by atoms with van der Waals surface area (Å²) in [5, 5.41) is 0.662. The summed E-state index contributed by atoms with van der Waals surface area (Å²) < 4.78 is 5.30. The van der Waals surface area contributed by atoms with Crippen molar-refractivity contribution in [3.8, 4) is 5.75 Å². The van der Waals surface area contributed by atoms with E-state index in [-0.39, 0.29) is 6.04 Å². The van der Waals surface area contributed by atoms with Gasteiger partial charge >= 0.3 is 0 Å². The number of halogens is 1. The van der Waals surface area contributed by atoms with Gasteiger partial charge < -0.3 is 10.5 Å². The average molecular weight is 278 g/mol. The molecular formula is C16H20ClNO. The van der Waals surface area contributed by atoms with Crippen LogP contribution in [0.3, 0.4) is 0 Å². The highest BCUT2D eigenvalue weighted by atomic mass is 35.5. The lowest BCUT2D eigenvalue weighted by atomic mass is 9.93. The molecule has 0 radical (unpaired) electrons. The molecule has 0 aliphatic heterocycles. The number of hydrogen-bond donors (Lipinski definition) is 1. The van der Waals surface area contributed by atoms with Gasteiger partial charge in [-0.2, -0.15) is 0 Å². The summed E-state index contributed by atoms with van der Waals surface area (Å²) in [4.78, 5) is 0. The standard InChI is InChI=1S/C16H20ClNO/c1-19-12-7-10(4-5-11(12)17)16(18)15-13-8-2-3-9(6-8)14(13)15/h4-5,7-9,13-16H,2-3,6,18H2,1H3. The molecule has 102 valence electrons. The van der Waals surface area contributed by atoms with E-state index in [0.717, 1.165) is 29.4 Å². The van der Waals surface area contributed by atoms with Crippen LogP contribution in [0.5, 0.6) is 5.75 Å².